The zero-order chi connectivity index (χ0) is 10.8. The van der Waals surface area contributed by atoms with Crippen LogP contribution in [0, 0.1) is 0 Å². The van der Waals surface area contributed by atoms with Gasteiger partial charge in [-0.3, -0.25) is 0 Å². The van der Waals surface area contributed by atoms with Crippen molar-refractivity contribution in [3.63, 3.8) is 0 Å². The summed E-state index contributed by atoms with van der Waals surface area (Å²) in [6.45, 7) is 2.83. The first-order chi connectivity index (χ1) is 7.93. The molecule has 0 saturated heterocycles. The highest BCUT2D eigenvalue weighted by molar-refractivity contribution is 7.03. The molecule has 0 radical (unpaired) electrons. The van der Waals surface area contributed by atoms with Crippen molar-refractivity contribution in [1.29, 1.82) is 0 Å². The maximum Gasteiger partial charge on any atom is 0.0948 e. The van der Waals surface area contributed by atoms with Gasteiger partial charge in [0.25, 0.3) is 0 Å². The Kier molecular flexibility index (Phi) is 3.81. The molecule has 0 unspecified atom stereocenters. The van der Waals surface area contributed by atoms with Crippen molar-refractivity contribution in [2.75, 3.05) is 23.3 Å². The zero-order valence-corrected chi connectivity index (χ0v) is 10.8. The molecule has 2 heterocycles. The van der Waals surface area contributed by atoms with Gasteiger partial charge in [0.2, 0.25) is 0 Å². The number of hydrogen-bond acceptors (Lipinski definition) is 5. The summed E-state index contributed by atoms with van der Waals surface area (Å²) < 4.78 is 3.89. The summed E-state index contributed by atoms with van der Waals surface area (Å²) in [6.07, 6.45) is 0. The number of anilines is 2. The number of nitrogens with one attached hydrogen (secondary N) is 1. The fourth-order valence-electron chi connectivity index (χ4n) is 1.96. The number of benzene rings is 1. The van der Waals surface area contributed by atoms with E-state index in [1.54, 1.807) is 0 Å². The van der Waals surface area contributed by atoms with Crippen LogP contribution in [-0.4, -0.2) is 22.7 Å². The third-order valence-corrected chi connectivity index (χ3v) is 3.25. The highest BCUT2D eigenvalue weighted by atomic mass is 35.5. The molecule has 2 aromatic rings. The molecule has 3 rings (SSSR count). The number of aromatic nitrogens is 2. The molecule has 0 bridgehead atoms. The molecule has 0 amide bonds. The molecular formula is C11H13ClN4S. The minimum atomic E-state index is 0. The third-order valence-electron chi connectivity index (χ3n) is 2.70. The number of fused-ring (bicyclic) bond motifs is 1. The maximum absolute atomic E-state index is 4.09. The number of rotatable bonds is 2. The SMILES string of the molecule is Cl.c1ccc2c(c1)NCCN2Cc1csnn1. The second-order valence-electron chi connectivity index (χ2n) is 3.76. The van der Waals surface area contributed by atoms with E-state index < -0.39 is 0 Å². The quantitative estimate of drug-likeness (QED) is 0.908. The van der Waals surface area contributed by atoms with E-state index in [9.17, 15) is 0 Å². The van der Waals surface area contributed by atoms with Crippen LogP contribution in [0.4, 0.5) is 11.4 Å². The van der Waals surface area contributed by atoms with Crippen molar-refractivity contribution in [3.8, 4) is 0 Å². The molecule has 0 fully saturated rings. The summed E-state index contributed by atoms with van der Waals surface area (Å²) in [4.78, 5) is 2.34. The summed E-state index contributed by atoms with van der Waals surface area (Å²) in [5, 5.41) is 9.49. The summed E-state index contributed by atoms with van der Waals surface area (Å²) in [5.74, 6) is 0. The summed E-state index contributed by atoms with van der Waals surface area (Å²) in [7, 11) is 0. The highest BCUT2D eigenvalue weighted by Crippen LogP contribution is 2.29. The van der Waals surface area contributed by atoms with E-state index in [-0.39, 0.29) is 12.4 Å². The van der Waals surface area contributed by atoms with Crippen LogP contribution >= 0.6 is 23.9 Å². The smallest absolute Gasteiger partial charge is 0.0948 e. The van der Waals surface area contributed by atoms with Crippen LogP contribution in [0.25, 0.3) is 0 Å². The fourth-order valence-corrected chi connectivity index (χ4v) is 2.40. The van der Waals surface area contributed by atoms with E-state index in [2.05, 4.69) is 44.1 Å². The Labute approximate surface area is 110 Å². The second-order valence-corrected chi connectivity index (χ2v) is 4.37. The van der Waals surface area contributed by atoms with E-state index in [1.165, 1.54) is 22.9 Å². The topological polar surface area (TPSA) is 41.0 Å². The van der Waals surface area contributed by atoms with Crippen molar-refractivity contribution >= 4 is 35.3 Å². The summed E-state index contributed by atoms with van der Waals surface area (Å²) in [5.41, 5.74) is 3.50. The van der Waals surface area contributed by atoms with E-state index in [1.807, 2.05) is 5.38 Å². The molecule has 0 spiro atoms. The first-order valence-corrected chi connectivity index (χ1v) is 6.11. The molecule has 0 aliphatic carbocycles. The largest absolute Gasteiger partial charge is 0.382 e. The Bertz CT molecular complexity index is 474. The van der Waals surface area contributed by atoms with E-state index in [0.29, 0.717) is 0 Å². The number of hydrogen-bond donors (Lipinski definition) is 1. The van der Waals surface area contributed by atoms with Crippen LogP contribution in [0.3, 0.4) is 0 Å². The van der Waals surface area contributed by atoms with Gasteiger partial charge >= 0.3 is 0 Å². The maximum atomic E-state index is 4.09. The highest BCUT2D eigenvalue weighted by Gasteiger charge is 2.16. The van der Waals surface area contributed by atoms with E-state index >= 15 is 0 Å². The van der Waals surface area contributed by atoms with Gasteiger partial charge in [0, 0.05) is 18.5 Å². The lowest BCUT2D eigenvalue weighted by Gasteiger charge is -2.31. The number of nitrogens with zero attached hydrogens (tertiary/aromatic N) is 3. The van der Waals surface area contributed by atoms with Crippen LogP contribution in [-0.2, 0) is 6.54 Å². The molecule has 4 nitrogen and oxygen atoms in total. The van der Waals surface area contributed by atoms with E-state index in [0.717, 1.165) is 25.3 Å². The van der Waals surface area contributed by atoms with Crippen LogP contribution in [0.15, 0.2) is 29.6 Å². The predicted octanol–water partition coefficient (Wildman–Crippen LogP) is 2.39. The Hall–Kier alpha value is -1.33. The van der Waals surface area contributed by atoms with Gasteiger partial charge in [-0.05, 0) is 23.7 Å². The zero-order valence-electron chi connectivity index (χ0n) is 9.17. The van der Waals surface area contributed by atoms with Gasteiger partial charge in [0.05, 0.1) is 23.6 Å². The third kappa shape index (κ3) is 2.50. The molecule has 1 aromatic heterocycles. The molecular weight excluding hydrogens is 256 g/mol. The second kappa shape index (κ2) is 5.33. The van der Waals surface area contributed by atoms with Gasteiger partial charge in [-0.2, -0.15) is 0 Å². The van der Waals surface area contributed by atoms with Crippen LogP contribution in [0.5, 0.6) is 0 Å². The minimum Gasteiger partial charge on any atom is -0.382 e. The Morgan fingerprint density at radius 3 is 3.06 bits per heavy atom. The lowest BCUT2D eigenvalue weighted by molar-refractivity contribution is 0.768. The standard InChI is InChI=1S/C11H12N4S.ClH/c1-2-4-11-10(3-1)12-5-6-15(11)7-9-8-16-14-13-9;/h1-4,8,12H,5-7H2;1H. The van der Waals surface area contributed by atoms with Gasteiger partial charge < -0.3 is 10.2 Å². The van der Waals surface area contributed by atoms with Gasteiger partial charge in [-0.1, -0.05) is 16.6 Å². The van der Waals surface area contributed by atoms with Crippen LogP contribution < -0.4 is 10.2 Å². The number of para-hydroxylation sites is 2. The first-order valence-electron chi connectivity index (χ1n) is 5.27. The van der Waals surface area contributed by atoms with E-state index in [4.69, 9.17) is 0 Å². The molecule has 90 valence electrons. The monoisotopic (exact) mass is 268 g/mol. The Balaban J connectivity index is 0.00000108. The molecule has 6 heteroatoms. The van der Waals surface area contributed by atoms with Gasteiger partial charge in [0.15, 0.2) is 0 Å². The predicted molar refractivity (Wildman–Crippen MR) is 73.1 cm³/mol. The number of halogens is 1. The van der Waals surface area contributed by atoms with Crippen LogP contribution in [0.2, 0.25) is 0 Å². The lowest BCUT2D eigenvalue weighted by Crippen LogP contribution is -2.33. The summed E-state index contributed by atoms with van der Waals surface area (Å²) in [6, 6.07) is 8.37. The summed E-state index contributed by atoms with van der Waals surface area (Å²) >= 11 is 1.41. The van der Waals surface area contributed by atoms with Gasteiger partial charge in [-0.15, -0.1) is 17.5 Å². The van der Waals surface area contributed by atoms with Crippen molar-refractivity contribution in [3.05, 3.63) is 35.3 Å². The van der Waals surface area contributed by atoms with Crippen molar-refractivity contribution in [2.24, 2.45) is 0 Å². The van der Waals surface area contributed by atoms with Crippen molar-refractivity contribution in [1.82, 2.24) is 9.59 Å². The Morgan fingerprint density at radius 1 is 1.35 bits per heavy atom. The van der Waals surface area contributed by atoms with Crippen molar-refractivity contribution in [2.45, 2.75) is 6.54 Å². The molecule has 0 saturated carbocycles. The molecule has 17 heavy (non-hydrogen) atoms. The first kappa shape index (κ1) is 12.1. The van der Waals surface area contributed by atoms with Gasteiger partial charge in [-0.25, -0.2) is 0 Å². The molecule has 0 atom stereocenters. The fraction of sp³-hybridized carbons (Fsp3) is 0.273. The van der Waals surface area contributed by atoms with Gasteiger partial charge in [0.1, 0.15) is 0 Å². The Morgan fingerprint density at radius 2 is 2.24 bits per heavy atom. The van der Waals surface area contributed by atoms with Crippen LogP contribution in [0.1, 0.15) is 5.69 Å². The average Bonchev–Trinajstić information content (AvgIpc) is 2.82. The lowest BCUT2D eigenvalue weighted by atomic mass is 10.2. The molecule has 1 N–H and O–H groups in total. The van der Waals surface area contributed by atoms with Crippen molar-refractivity contribution < 1.29 is 0 Å². The molecule has 1 aromatic carbocycles. The molecule has 1 aliphatic heterocycles. The average molecular weight is 269 g/mol. The normalized spacial score (nSPS) is 13.5. The molecule has 1 aliphatic rings. The minimum absolute atomic E-state index is 0.